The molecule has 1 aromatic heterocycles. The Bertz CT molecular complexity index is 359. The van der Waals surface area contributed by atoms with E-state index in [2.05, 4.69) is 14.7 Å². The number of carboxylic acids is 1. The van der Waals surface area contributed by atoms with Crippen LogP contribution in [0.15, 0.2) is 0 Å². The largest absolute Gasteiger partial charge is 0.480 e. The first kappa shape index (κ1) is 9.39. The number of carbonyl (C=O) groups is 1. The summed E-state index contributed by atoms with van der Waals surface area (Å²) in [6.07, 6.45) is 2.12. The van der Waals surface area contributed by atoms with E-state index in [-0.39, 0.29) is 0 Å². The number of carboxylic acid groups (broad SMARTS) is 1. The SMILES string of the molecule is CCc1nsc(NC2(C(=O)O)CC2)n1. The van der Waals surface area contributed by atoms with Crippen molar-refractivity contribution in [1.82, 2.24) is 9.36 Å². The Kier molecular flexibility index (Phi) is 2.14. The molecule has 0 bridgehead atoms. The summed E-state index contributed by atoms with van der Waals surface area (Å²) in [7, 11) is 0. The Labute approximate surface area is 85.3 Å². The number of rotatable bonds is 4. The first-order valence-corrected chi connectivity index (χ1v) is 5.28. The van der Waals surface area contributed by atoms with Gasteiger partial charge in [-0.05, 0) is 12.8 Å². The van der Waals surface area contributed by atoms with Crippen molar-refractivity contribution in [3.05, 3.63) is 5.82 Å². The summed E-state index contributed by atoms with van der Waals surface area (Å²) >= 11 is 1.22. The molecule has 6 heteroatoms. The molecule has 1 heterocycles. The average molecular weight is 213 g/mol. The molecular weight excluding hydrogens is 202 g/mol. The molecule has 0 saturated heterocycles. The zero-order valence-corrected chi connectivity index (χ0v) is 8.60. The molecule has 0 radical (unpaired) electrons. The fourth-order valence-corrected chi connectivity index (χ4v) is 1.92. The number of nitrogens with zero attached hydrogens (tertiary/aromatic N) is 2. The molecule has 0 amide bonds. The quantitative estimate of drug-likeness (QED) is 0.784. The second-order valence-corrected chi connectivity index (χ2v) is 4.13. The number of anilines is 1. The van der Waals surface area contributed by atoms with Crippen LogP contribution in [-0.4, -0.2) is 26.0 Å². The van der Waals surface area contributed by atoms with Crippen molar-refractivity contribution in [1.29, 1.82) is 0 Å². The number of aliphatic carboxylic acids is 1. The molecule has 2 rings (SSSR count). The Morgan fingerprint density at radius 3 is 2.86 bits per heavy atom. The summed E-state index contributed by atoms with van der Waals surface area (Å²) in [5, 5.41) is 12.5. The van der Waals surface area contributed by atoms with Gasteiger partial charge in [-0.2, -0.15) is 4.37 Å². The van der Waals surface area contributed by atoms with Crippen molar-refractivity contribution in [2.75, 3.05) is 5.32 Å². The van der Waals surface area contributed by atoms with Crippen LogP contribution in [0.25, 0.3) is 0 Å². The average Bonchev–Trinajstić information content (AvgIpc) is 2.78. The van der Waals surface area contributed by atoms with Gasteiger partial charge in [-0.25, -0.2) is 9.78 Å². The predicted octanol–water partition coefficient (Wildman–Crippen LogP) is 1.13. The van der Waals surface area contributed by atoms with Crippen LogP contribution < -0.4 is 5.32 Å². The summed E-state index contributed by atoms with van der Waals surface area (Å²) < 4.78 is 4.08. The van der Waals surface area contributed by atoms with E-state index >= 15 is 0 Å². The van der Waals surface area contributed by atoms with Gasteiger partial charge in [0.05, 0.1) is 0 Å². The normalized spacial score (nSPS) is 17.8. The first-order valence-electron chi connectivity index (χ1n) is 4.50. The van der Waals surface area contributed by atoms with Gasteiger partial charge in [-0.1, -0.05) is 6.92 Å². The van der Waals surface area contributed by atoms with Crippen LogP contribution in [0.1, 0.15) is 25.6 Å². The highest BCUT2D eigenvalue weighted by molar-refractivity contribution is 7.09. The van der Waals surface area contributed by atoms with Crippen molar-refractivity contribution in [3.8, 4) is 0 Å². The van der Waals surface area contributed by atoms with Gasteiger partial charge < -0.3 is 10.4 Å². The zero-order chi connectivity index (χ0) is 10.2. The lowest BCUT2D eigenvalue weighted by Gasteiger charge is -2.09. The Hall–Kier alpha value is -1.17. The highest BCUT2D eigenvalue weighted by atomic mass is 32.1. The molecule has 0 unspecified atom stereocenters. The third-order valence-corrected chi connectivity index (χ3v) is 2.96. The Balaban J connectivity index is 2.07. The van der Waals surface area contributed by atoms with Crippen LogP contribution in [-0.2, 0) is 11.2 Å². The fourth-order valence-electron chi connectivity index (χ4n) is 1.17. The van der Waals surface area contributed by atoms with Crippen molar-refractivity contribution in [3.63, 3.8) is 0 Å². The molecule has 76 valence electrons. The summed E-state index contributed by atoms with van der Waals surface area (Å²) in [5.41, 5.74) is -0.759. The molecule has 1 saturated carbocycles. The molecule has 2 N–H and O–H groups in total. The molecule has 14 heavy (non-hydrogen) atoms. The van der Waals surface area contributed by atoms with E-state index in [1.807, 2.05) is 6.92 Å². The maximum Gasteiger partial charge on any atom is 0.329 e. The summed E-state index contributed by atoms with van der Waals surface area (Å²) in [6.45, 7) is 1.97. The van der Waals surface area contributed by atoms with Gasteiger partial charge in [-0.3, -0.25) is 0 Å². The van der Waals surface area contributed by atoms with E-state index in [0.29, 0.717) is 18.0 Å². The van der Waals surface area contributed by atoms with Gasteiger partial charge in [-0.15, -0.1) is 0 Å². The summed E-state index contributed by atoms with van der Waals surface area (Å²) in [5.74, 6) is -0.0376. The second kappa shape index (κ2) is 3.20. The molecular formula is C8H11N3O2S. The minimum atomic E-state index is -0.800. The van der Waals surface area contributed by atoms with Crippen molar-refractivity contribution >= 4 is 22.6 Å². The molecule has 0 aliphatic heterocycles. The van der Waals surface area contributed by atoms with Crippen molar-refractivity contribution in [2.45, 2.75) is 31.7 Å². The van der Waals surface area contributed by atoms with E-state index in [1.54, 1.807) is 0 Å². The van der Waals surface area contributed by atoms with E-state index in [0.717, 1.165) is 12.2 Å². The predicted molar refractivity (Wildman–Crippen MR) is 52.5 cm³/mol. The van der Waals surface area contributed by atoms with Crippen LogP contribution in [0.5, 0.6) is 0 Å². The number of hydrogen-bond acceptors (Lipinski definition) is 5. The van der Waals surface area contributed by atoms with Crippen molar-refractivity contribution in [2.24, 2.45) is 0 Å². The lowest BCUT2D eigenvalue weighted by Crippen LogP contribution is -2.31. The lowest BCUT2D eigenvalue weighted by atomic mass is 10.3. The first-order chi connectivity index (χ1) is 6.66. The monoisotopic (exact) mass is 213 g/mol. The molecule has 0 atom stereocenters. The highest BCUT2D eigenvalue weighted by Crippen LogP contribution is 2.39. The number of aromatic nitrogens is 2. The van der Waals surface area contributed by atoms with Crippen LogP contribution in [0.3, 0.4) is 0 Å². The number of hydrogen-bond donors (Lipinski definition) is 2. The summed E-state index contributed by atoms with van der Waals surface area (Å²) in [6, 6.07) is 0. The standard InChI is InChI=1S/C8H11N3O2S/c1-2-5-9-7(14-11-5)10-8(3-4-8)6(12)13/h2-4H2,1H3,(H,12,13)(H,9,10,11). The molecule has 1 fully saturated rings. The Morgan fingerprint density at radius 2 is 2.43 bits per heavy atom. The molecule has 5 nitrogen and oxygen atoms in total. The van der Waals surface area contributed by atoms with Crippen LogP contribution in [0.4, 0.5) is 5.13 Å². The maximum atomic E-state index is 10.9. The van der Waals surface area contributed by atoms with E-state index in [1.165, 1.54) is 11.5 Å². The van der Waals surface area contributed by atoms with Gasteiger partial charge in [0.2, 0.25) is 5.13 Å². The lowest BCUT2D eigenvalue weighted by molar-refractivity contribution is -0.138. The maximum absolute atomic E-state index is 10.9. The van der Waals surface area contributed by atoms with E-state index in [4.69, 9.17) is 5.11 Å². The van der Waals surface area contributed by atoms with Crippen molar-refractivity contribution < 1.29 is 9.90 Å². The van der Waals surface area contributed by atoms with E-state index < -0.39 is 11.5 Å². The fraction of sp³-hybridized carbons (Fsp3) is 0.625. The van der Waals surface area contributed by atoms with Gasteiger partial charge in [0.15, 0.2) is 0 Å². The van der Waals surface area contributed by atoms with E-state index in [9.17, 15) is 4.79 Å². The molecule has 0 aromatic carbocycles. The third kappa shape index (κ3) is 1.57. The van der Waals surface area contributed by atoms with Gasteiger partial charge in [0, 0.05) is 18.0 Å². The van der Waals surface area contributed by atoms with Gasteiger partial charge in [0.25, 0.3) is 0 Å². The van der Waals surface area contributed by atoms with Gasteiger partial charge in [0.1, 0.15) is 11.4 Å². The second-order valence-electron chi connectivity index (χ2n) is 3.38. The molecule has 1 aliphatic rings. The molecule has 1 aromatic rings. The summed E-state index contributed by atoms with van der Waals surface area (Å²) in [4.78, 5) is 15.0. The highest BCUT2D eigenvalue weighted by Gasteiger charge is 2.51. The van der Waals surface area contributed by atoms with Gasteiger partial charge >= 0.3 is 5.97 Å². The molecule has 1 aliphatic carbocycles. The molecule has 0 spiro atoms. The van der Waals surface area contributed by atoms with Crippen LogP contribution in [0.2, 0.25) is 0 Å². The third-order valence-electron chi connectivity index (χ3n) is 2.29. The zero-order valence-electron chi connectivity index (χ0n) is 7.78. The van der Waals surface area contributed by atoms with Crippen LogP contribution in [0, 0.1) is 0 Å². The smallest absolute Gasteiger partial charge is 0.329 e. The topological polar surface area (TPSA) is 75.1 Å². The van der Waals surface area contributed by atoms with Crippen LogP contribution >= 0.6 is 11.5 Å². The Morgan fingerprint density at radius 1 is 1.71 bits per heavy atom. The number of aryl methyl sites for hydroxylation is 1. The minimum Gasteiger partial charge on any atom is -0.480 e. The minimum absolute atomic E-state index is 0.613. The number of nitrogens with one attached hydrogen (secondary N) is 1.